The van der Waals surface area contributed by atoms with Crippen molar-refractivity contribution in [2.24, 2.45) is 5.73 Å². The highest BCUT2D eigenvalue weighted by molar-refractivity contribution is 14.1. The molecule has 2 aromatic heterocycles. The second-order valence-electron chi connectivity index (χ2n) is 17.9. The normalized spacial score (nSPS) is 12.3. The molecule has 0 saturated carbocycles. The van der Waals surface area contributed by atoms with E-state index in [-0.39, 0.29) is 23.1 Å². The van der Waals surface area contributed by atoms with Crippen molar-refractivity contribution in [2.45, 2.75) is 64.8 Å². The topological polar surface area (TPSA) is 123 Å². The Bertz CT molecular complexity index is 3200. The van der Waals surface area contributed by atoms with Crippen molar-refractivity contribution in [1.29, 1.82) is 0 Å². The molecule has 374 valence electrons. The van der Waals surface area contributed by atoms with Crippen molar-refractivity contribution < 1.29 is 4.79 Å². The van der Waals surface area contributed by atoms with Gasteiger partial charge in [-0.25, -0.2) is 9.97 Å². The summed E-state index contributed by atoms with van der Waals surface area (Å²) in [4.78, 5) is 57.8. The average molecular weight is 1180 g/mol. The third kappa shape index (κ3) is 13.9. The van der Waals surface area contributed by atoms with Crippen molar-refractivity contribution in [3.05, 3.63) is 218 Å². The van der Waals surface area contributed by atoms with E-state index in [1.807, 2.05) is 115 Å². The van der Waals surface area contributed by atoms with Gasteiger partial charge in [-0.2, -0.15) is 0 Å². The van der Waals surface area contributed by atoms with Crippen LogP contribution in [0.2, 0.25) is 10.0 Å². The number of benzene rings is 6. The number of halogens is 4. The molecule has 0 aliphatic carbocycles. The van der Waals surface area contributed by atoms with E-state index in [0.29, 0.717) is 82.4 Å². The third-order valence-corrected chi connectivity index (χ3v) is 14.2. The summed E-state index contributed by atoms with van der Waals surface area (Å²) in [6.07, 6.45) is 2.17. The van der Waals surface area contributed by atoms with Crippen LogP contribution in [-0.4, -0.2) is 80.0 Å². The molecule has 0 aliphatic heterocycles. The molecule has 2 atom stereocenters. The molecule has 8 aromatic rings. The van der Waals surface area contributed by atoms with Crippen molar-refractivity contribution >= 4 is 89.4 Å². The van der Waals surface area contributed by atoms with Crippen LogP contribution in [0.1, 0.15) is 83.9 Å². The number of rotatable bonds is 19. The minimum absolute atomic E-state index is 0.0547. The van der Waals surface area contributed by atoms with E-state index in [4.69, 9.17) is 38.9 Å². The summed E-state index contributed by atoms with van der Waals surface area (Å²) in [5.41, 5.74) is 10.8. The minimum Gasteiger partial charge on any atom is -0.329 e. The van der Waals surface area contributed by atoms with Gasteiger partial charge < -0.3 is 15.5 Å². The van der Waals surface area contributed by atoms with Gasteiger partial charge in [-0.15, -0.1) is 0 Å². The van der Waals surface area contributed by atoms with E-state index in [9.17, 15) is 14.4 Å². The van der Waals surface area contributed by atoms with Gasteiger partial charge in [0.05, 0.1) is 47.0 Å². The average Bonchev–Trinajstić information content (AvgIpc) is 3.37. The quantitative estimate of drug-likeness (QED) is 0.0795. The van der Waals surface area contributed by atoms with Gasteiger partial charge in [0.15, 0.2) is 0 Å². The first-order chi connectivity index (χ1) is 34.8. The summed E-state index contributed by atoms with van der Waals surface area (Å²) in [6.45, 7) is 8.26. The van der Waals surface area contributed by atoms with Crippen LogP contribution in [-0.2, 0) is 19.6 Å². The van der Waals surface area contributed by atoms with Gasteiger partial charge in [-0.3, -0.25) is 28.4 Å². The molecule has 2 N–H and O–H groups in total. The zero-order chi connectivity index (χ0) is 51.3. The Morgan fingerprint density at radius 1 is 0.653 bits per heavy atom. The molecule has 0 aliphatic rings. The third-order valence-electron chi connectivity index (χ3n) is 12.5. The van der Waals surface area contributed by atoms with E-state index in [1.54, 1.807) is 41.0 Å². The predicted octanol–water partition coefficient (Wildman–Crippen LogP) is 12.0. The van der Waals surface area contributed by atoms with Crippen LogP contribution in [0.25, 0.3) is 21.8 Å². The first kappa shape index (κ1) is 54.5. The molecule has 2 unspecified atom stereocenters. The highest BCUT2D eigenvalue weighted by atomic mass is 127. The molecule has 0 bridgehead atoms. The van der Waals surface area contributed by atoms with Crippen LogP contribution >= 0.6 is 61.7 Å². The van der Waals surface area contributed by atoms with Crippen LogP contribution in [0.15, 0.2) is 160 Å². The van der Waals surface area contributed by atoms with E-state index in [0.717, 1.165) is 47.4 Å². The SMILES string of the molecule is CCC(c1nc2cc(Cl)ccc2c(=O)n1Cc1ccccc1)N(CCCN(C)C)C(=O)c1ccc(Br)cc1.CCC(c1nc2cc(Cl)ccc2c(=O)n1Cc1ccccc1)N(CCN)Cc1ccc(I)cc1. The van der Waals surface area contributed by atoms with Crippen molar-refractivity contribution in [3.63, 3.8) is 0 Å². The Morgan fingerprint density at radius 3 is 1.62 bits per heavy atom. The monoisotopic (exact) mass is 1180 g/mol. The van der Waals surface area contributed by atoms with Gasteiger partial charge in [0, 0.05) is 49.8 Å². The number of hydrogen-bond donors (Lipinski definition) is 1. The van der Waals surface area contributed by atoms with E-state index < -0.39 is 6.04 Å². The Morgan fingerprint density at radius 2 is 1.15 bits per heavy atom. The number of nitrogens with zero attached hydrogens (tertiary/aromatic N) is 7. The molecule has 0 radical (unpaired) electrons. The Labute approximate surface area is 453 Å². The number of carbonyl (C=O) groups is 1. The summed E-state index contributed by atoms with van der Waals surface area (Å²) in [7, 11) is 4.04. The van der Waals surface area contributed by atoms with Gasteiger partial charge in [0.1, 0.15) is 11.6 Å². The zero-order valence-corrected chi connectivity index (χ0v) is 46.3. The maximum absolute atomic E-state index is 13.9. The number of nitrogens with two attached hydrogens (primary N) is 1. The fourth-order valence-electron chi connectivity index (χ4n) is 8.97. The molecular weight excluding hydrogens is 1120 g/mol. The lowest BCUT2D eigenvalue weighted by molar-refractivity contribution is 0.0649. The fourth-order valence-corrected chi connectivity index (χ4v) is 9.92. The van der Waals surface area contributed by atoms with Gasteiger partial charge in [-0.05, 0) is 152 Å². The Hall–Kier alpha value is -5.26. The minimum atomic E-state index is -0.409. The molecule has 11 nitrogen and oxygen atoms in total. The fraction of sp³-hybridized carbons (Fsp3) is 0.281. The Balaban J connectivity index is 0.000000213. The summed E-state index contributed by atoms with van der Waals surface area (Å²) < 4.78 is 5.64. The molecular formula is C57H60BrCl2IN8O3. The number of fused-ring (bicyclic) bond motifs is 2. The summed E-state index contributed by atoms with van der Waals surface area (Å²) in [5, 5.41) is 2.15. The molecule has 72 heavy (non-hydrogen) atoms. The second-order valence-corrected chi connectivity index (χ2v) is 20.9. The zero-order valence-electron chi connectivity index (χ0n) is 41.0. The van der Waals surface area contributed by atoms with Crippen LogP contribution in [0, 0.1) is 3.57 Å². The first-order valence-corrected chi connectivity index (χ1v) is 26.8. The van der Waals surface area contributed by atoms with Crippen molar-refractivity contribution in [1.82, 2.24) is 33.8 Å². The second kappa shape index (κ2) is 26.1. The van der Waals surface area contributed by atoms with Gasteiger partial charge >= 0.3 is 0 Å². The smallest absolute Gasteiger partial charge is 0.261 e. The van der Waals surface area contributed by atoms with Crippen LogP contribution in [0.3, 0.4) is 0 Å². The van der Waals surface area contributed by atoms with Crippen LogP contribution in [0.5, 0.6) is 0 Å². The summed E-state index contributed by atoms with van der Waals surface area (Å²) in [6, 6.07) is 45.7. The molecule has 0 fully saturated rings. The molecule has 2 heterocycles. The largest absolute Gasteiger partial charge is 0.329 e. The van der Waals surface area contributed by atoms with Gasteiger partial charge in [0.25, 0.3) is 17.0 Å². The lowest BCUT2D eigenvalue weighted by Gasteiger charge is -2.33. The van der Waals surface area contributed by atoms with Gasteiger partial charge in [0.2, 0.25) is 0 Å². The molecule has 1 amide bonds. The highest BCUT2D eigenvalue weighted by Gasteiger charge is 2.30. The number of hydrogen-bond acceptors (Lipinski definition) is 8. The number of aromatic nitrogens is 4. The molecule has 6 aromatic carbocycles. The molecule has 8 rings (SSSR count). The van der Waals surface area contributed by atoms with Crippen molar-refractivity contribution in [2.75, 3.05) is 40.3 Å². The summed E-state index contributed by atoms with van der Waals surface area (Å²) in [5.74, 6) is 1.21. The lowest BCUT2D eigenvalue weighted by atomic mass is 10.1. The molecule has 15 heteroatoms. The molecule has 0 saturated heterocycles. The summed E-state index contributed by atoms with van der Waals surface area (Å²) >= 11 is 18.3. The number of amides is 1. The molecule has 0 spiro atoms. The number of carbonyl (C=O) groups excluding carboxylic acids is 1. The van der Waals surface area contributed by atoms with Gasteiger partial charge in [-0.1, -0.05) is 126 Å². The maximum Gasteiger partial charge on any atom is 0.261 e. The Kier molecular flexibility index (Phi) is 19.8. The maximum atomic E-state index is 13.9. The lowest BCUT2D eigenvalue weighted by Crippen LogP contribution is -2.40. The van der Waals surface area contributed by atoms with E-state index in [2.05, 4.69) is 79.5 Å². The van der Waals surface area contributed by atoms with Crippen molar-refractivity contribution in [3.8, 4) is 0 Å². The predicted molar refractivity (Wildman–Crippen MR) is 306 cm³/mol. The van der Waals surface area contributed by atoms with Crippen LogP contribution < -0.4 is 16.9 Å². The first-order valence-electron chi connectivity index (χ1n) is 24.2. The van der Waals surface area contributed by atoms with E-state index in [1.165, 1.54) is 9.13 Å². The highest BCUT2D eigenvalue weighted by Crippen LogP contribution is 2.30. The van der Waals surface area contributed by atoms with Crippen LogP contribution in [0.4, 0.5) is 0 Å². The standard InChI is InChI=1S/C30H32BrClN4O2.C27H28ClIN4O/c1-4-27(35(18-8-17-34(2)3)29(37)22-11-13-23(31)14-12-22)28-33-26-19-24(32)15-16-25(26)30(38)36(28)20-21-9-6-5-7-10-21;1-2-25(32(15-14-30)17-20-8-11-22(29)12-9-20)26-31-24-16-21(28)10-13-23(24)27(34)33(26)18-19-6-4-3-5-7-19/h5-7,9-16,19,27H,4,8,17-18,20H2,1-3H3;3-13,16,25H,2,14-15,17-18,30H2,1H3. The van der Waals surface area contributed by atoms with E-state index >= 15 is 0 Å².